The van der Waals surface area contributed by atoms with E-state index < -0.39 is 0 Å². The summed E-state index contributed by atoms with van der Waals surface area (Å²) in [7, 11) is 1.82. The molecule has 0 saturated carbocycles. The van der Waals surface area contributed by atoms with E-state index >= 15 is 0 Å². The number of anilines is 1. The minimum absolute atomic E-state index is 0.117. The Morgan fingerprint density at radius 3 is 3.00 bits per heavy atom. The summed E-state index contributed by atoms with van der Waals surface area (Å²) in [5.41, 5.74) is 2.33. The average molecular weight is 423 g/mol. The number of likely N-dealkylation sites (N-methyl/N-ethyl adjacent to an activating group) is 1. The molecule has 154 valence electrons. The number of fused-ring (bicyclic) bond motifs is 2. The van der Waals surface area contributed by atoms with Gasteiger partial charge >= 0.3 is 0 Å². The van der Waals surface area contributed by atoms with Gasteiger partial charge in [-0.15, -0.1) is 0 Å². The van der Waals surface area contributed by atoms with Gasteiger partial charge in [-0.3, -0.25) is 14.2 Å². The number of rotatable bonds is 5. The summed E-state index contributed by atoms with van der Waals surface area (Å²) in [6.07, 6.45) is 2.73. The van der Waals surface area contributed by atoms with Crippen LogP contribution in [0.15, 0.2) is 34.0 Å². The maximum Gasteiger partial charge on any atom is 0.255 e. The number of nitriles is 1. The van der Waals surface area contributed by atoms with Gasteiger partial charge in [0, 0.05) is 29.3 Å². The number of nitrogens with zero attached hydrogens (tertiary/aromatic N) is 4. The zero-order valence-corrected chi connectivity index (χ0v) is 17.7. The lowest BCUT2D eigenvalue weighted by atomic mass is 10.1. The summed E-state index contributed by atoms with van der Waals surface area (Å²) in [5, 5.41) is 12.9. The molecule has 1 amide bonds. The van der Waals surface area contributed by atoms with Crippen molar-refractivity contribution in [1.29, 1.82) is 5.26 Å². The lowest BCUT2D eigenvalue weighted by molar-refractivity contribution is -0.116. The summed E-state index contributed by atoms with van der Waals surface area (Å²) < 4.78 is 3.48. The van der Waals surface area contributed by atoms with Gasteiger partial charge in [0.15, 0.2) is 0 Å². The topological polar surface area (TPSA) is 107 Å². The molecule has 3 aromatic rings. The molecule has 0 fully saturated rings. The molecule has 0 aliphatic carbocycles. The second-order valence-corrected chi connectivity index (χ2v) is 8.70. The first-order valence-electron chi connectivity index (χ1n) is 9.76. The van der Waals surface area contributed by atoms with Crippen molar-refractivity contribution >= 4 is 34.6 Å². The lowest BCUT2D eigenvalue weighted by Gasteiger charge is -2.19. The summed E-state index contributed by atoms with van der Waals surface area (Å²) in [4.78, 5) is 33.2. The third kappa shape index (κ3) is 4.25. The number of carbonyl (C=O) groups is 1. The van der Waals surface area contributed by atoms with E-state index in [2.05, 4.69) is 21.4 Å². The molecule has 8 nitrogen and oxygen atoms in total. The van der Waals surface area contributed by atoms with Crippen molar-refractivity contribution in [3.63, 3.8) is 0 Å². The number of amides is 1. The van der Waals surface area contributed by atoms with Gasteiger partial charge in [-0.05, 0) is 62.5 Å². The smallest absolute Gasteiger partial charge is 0.255 e. The third-order valence-corrected chi connectivity index (χ3v) is 5.92. The Bertz CT molecular complexity index is 1220. The molecule has 0 bridgehead atoms. The fraction of sp³-hybridized carbons (Fsp3) is 0.333. The molecule has 2 N–H and O–H groups in total. The highest BCUT2D eigenvalue weighted by atomic mass is 32.2. The van der Waals surface area contributed by atoms with Crippen LogP contribution >= 0.6 is 11.9 Å². The molecule has 0 spiro atoms. The van der Waals surface area contributed by atoms with Crippen LogP contribution in [0.25, 0.3) is 10.9 Å². The second-order valence-electron chi connectivity index (χ2n) is 7.45. The van der Waals surface area contributed by atoms with Gasteiger partial charge in [-0.25, -0.2) is 9.29 Å². The fourth-order valence-electron chi connectivity index (χ4n) is 3.67. The van der Waals surface area contributed by atoms with Crippen molar-refractivity contribution in [3.05, 3.63) is 51.7 Å². The first kappa shape index (κ1) is 20.2. The highest BCUT2D eigenvalue weighted by molar-refractivity contribution is 7.97. The van der Waals surface area contributed by atoms with Gasteiger partial charge in [0.2, 0.25) is 5.91 Å². The van der Waals surface area contributed by atoms with Gasteiger partial charge in [0.1, 0.15) is 23.4 Å². The van der Waals surface area contributed by atoms with Crippen LogP contribution in [0.4, 0.5) is 5.82 Å². The molecule has 0 radical (unpaired) electrons. The van der Waals surface area contributed by atoms with E-state index in [1.54, 1.807) is 4.57 Å². The van der Waals surface area contributed by atoms with Crippen LogP contribution in [0.1, 0.15) is 29.9 Å². The number of aromatic nitrogens is 3. The normalized spacial score (nSPS) is 13.3. The number of nitrogens with one attached hydrogen (secondary N) is 2. The Balaban J connectivity index is 1.45. The van der Waals surface area contributed by atoms with Gasteiger partial charge in [-0.2, -0.15) is 5.26 Å². The standard InChI is InChI=1S/C21H22N6O2S/c1-13-7-14-9-15(11-22)23-21(14)16(8-13)30-26(2)12-19(28)25-17-10-20(29)27-6-4-3-5-18(27)24-17/h7-10,23H,3-6,12H2,1-2H3,(H,25,28). The molecular weight excluding hydrogens is 400 g/mol. The molecule has 1 aliphatic rings. The second kappa shape index (κ2) is 8.34. The predicted octanol–water partition coefficient (Wildman–Crippen LogP) is 2.82. The van der Waals surface area contributed by atoms with E-state index in [1.165, 1.54) is 18.0 Å². The van der Waals surface area contributed by atoms with Gasteiger partial charge in [-0.1, -0.05) is 0 Å². The van der Waals surface area contributed by atoms with Crippen molar-refractivity contribution in [1.82, 2.24) is 18.8 Å². The molecule has 2 aromatic heterocycles. The first-order chi connectivity index (χ1) is 14.4. The highest BCUT2D eigenvalue weighted by Crippen LogP contribution is 2.31. The Morgan fingerprint density at radius 1 is 1.37 bits per heavy atom. The van der Waals surface area contributed by atoms with Crippen molar-refractivity contribution < 1.29 is 4.79 Å². The van der Waals surface area contributed by atoms with Crippen LogP contribution < -0.4 is 10.9 Å². The van der Waals surface area contributed by atoms with E-state index in [0.29, 0.717) is 18.1 Å². The predicted molar refractivity (Wildman–Crippen MR) is 116 cm³/mol. The summed E-state index contributed by atoms with van der Waals surface area (Å²) in [6, 6.07) is 9.36. The summed E-state index contributed by atoms with van der Waals surface area (Å²) in [6.45, 7) is 2.80. The number of H-pyrrole nitrogens is 1. The Labute approximate surface area is 178 Å². The molecule has 30 heavy (non-hydrogen) atoms. The summed E-state index contributed by atoms with van der Waals surface area (Å²) >= 11 is 1.42. The molecule has 3 heterocycles. The fourth-order valence-corrected chi connectivity index (χ4v) is 4.69. The average Bonchev–Trinajstić information content (AvgIpc) is 3.11. The van der Waals surface area contributed by atoms with Crippen molar-refractivity contribution in [2.24, 2.45) is 0 Å². The summed E-state index contributed by atoms with van der Waals surface area (Å²) in [5.74, 6) is 0.789. The molecule has 0 atom stereocenters. The third-order valence-electron chi connectivity index (χ3n) is 4.96. The van der Waals surface area contributed by atoms with Crippen LogP contribution in [0.3, 0.4) is 0 Å². The zero-order chi connectivity index (χ0) is 21.3. The van der Waals surface area contributed by atoms with E-state index in [-0.39, 0.29) is 18.0 Å². The molecule has 9 heteroatoms. The molecule has 4 rings (SSSR count). The number of benzene rings is 1. The quantitative estimate of drug-likeness (QED) is 0.613. The lowest BCUT2D eigenvalue weighted by Crippen LogP contribution is -2.31. The number of hydrogen-bond acceptors (Lipinski definition) is 6. The Kier molecular flexibility index (Phi) is 5.61. The van der Waals surface area contributed by atoms with Crippen LogP contribution in [0.5, 0.6) is 0 Å². The number of carbonyl (C=O) groups excluding carboxylic acids is 1. The van der Waals surface area contributed by atoms with E-state index in [9.17, 15) is 9.59 Å². The van der Waals surface area contributed by atoms with Crippen molar-refractivity contribution in [2.75, 3.05) is 18.9 Å². The van der Waals surface area contributed by atoms with Gasteiger partial charge < -0.3 is 10.3 Å². The molecule has 1 aliphatic heterocycles. The van der Waals surface area contributed by atoms with Crippen LogP contribution in [-0.2, 0) is 17.8 Å². The van der Waals surface area contributed by atoms with Crippen LogP contribution in [0, 0.1) is 18.3 Å². The van der Waals surface area contributed by atoms with Gasteiger partial charge in [0.05, 0.1) is 12.1 Å². The van der Waals surface area contributed by atoms with E-state index in [0.717, 1.165) is 46.4 Å². The van der Waals surface area contributed by atoms with Gasteiger partial charge in [0.25, 0.3) is 5.56 Å². The molecular formula is C21H22N6O2S. The van der Waals surface area contributed by atoms with Crippen molar-refractivity contribution in [2.45, 2.75) is 37.6 Å². The SMILES string of the molecule is Cc1cc(SN(C)CC(=O)Nc2cc(=O)n3c(n2)CCCC3)c2[nH]c(C#N)cc2c1. The van der Waals surface area contributed by atoms with Crippen molar-refractivity contribution in [3.8, 4) is 6.07 Å². The molecule has 1 aromatic carbocycles. The van der Waals surface area contributed by atoms with E-state index in [1.807, 2.05) is 36.5 Å². The minimum Gasteiger partial charge on any atom is -0.345 e. The number of hydrogen-bond donors (Lipinski definition) is 2. The zero-order valence-electron chi connectivity index (χ0n) is 16.9. The van der Waals surface area contributed by atoms with E-state index in [4.69, 9.17) is 5.26 Å². The Hall–Kier alpha value is -3.09. The molecule has 0 saturated heterocycles. The minimum atomic E-state index is -0.245. The number of aryl methyl sites for hydroxylation is 2. The van der Waals surface area contributed by atoms with Crippen LogP contribution in [0.2, 0.25) is 0 Å². The first-order valence-corrected chi connectivity index (χ1v) is 10.5. The highest BCUT2D eigenvalue weighted by Gasteiger charge is 2.16. The Morgan fingerprint density at radius 2 is 2.20 bits per heavy atom. The maximum atomic E-state index is 12.5. The molecule has 0 unspecified atom stereocenters. The monoisotopic (exact) mass is 422 g/mol. The maximum absolute atomic E-state index is 12.5. The number of aromatic amines is 1. The van der Waals surface area contributed by atoms with Crippen LogP contribution in [-0.4, -0.2) is 38.3 Å². The largest absolute Gasteiger partial charge is 0.345 e.